The summed E-state index contributed by atoms with van der Waals surface area (Å²) in [7, 11) is 0. The van der Waals surface area contributed by atoms with Gasteiger partial charge in [0.2, 0.25) is 0 Å². The minimum Gasteiger partial charge on any atom is -0.481 e. The maximum atomic E-state index is 10.5. The molecule has 0 amide bonds. The van der Waals surface area contributed by atoms with Gasteiger partial charge in [0.25, 0.3) is 0 Å². The second kappa shape index (κ2) is 3.07. The van der Waals surface area contributed by atoms with Crippen molar-refractivity contribution in [3.8, 4) is 0 Å². The van der Waals surface area contributed by atoms with Gasteiger partial charge >= 0.3 is 5.97 Å². The summed E-state index contributed by atoms with van der Waals surface area (Å²) in [6, 6.07) is -0.509. The first kappa shape index (κ1) is 8.30. The number of aliphatic carboxylic acids is 1. The number of allylic oxidation sites excluding steroid dienone is 2. The van der Waals surface area contributed by atoms with Crippen molar-refractivity contribution in [2.45, 2.75) is 6.04 Å². The molecule has 4 heteroatoms. The second-order valence-electron chi connectivity index (χ2n) is 2.35. The highest BCUT2D eigenvalue weighted by molar-refractivity contribution is 6.31. The van der Waals surface area contributed by atoms with E-state index in [1.54, 1.807) is 6.08 Å². The van der Waals surface area contributed by atoms with Crippen LogP contribution in [0.1, 0.15) is 0 Å². The molecule has 0 fully saturated rings. The number of carboxylic acids is 1. The Morgan fingerprint density at radius 2 is 2.36 bits per heavy atom. The molecule has 0 aromatic carbocycles. The molecule has 0 radical (unpaired) electrons. The van der Waals surface area contributed by atoms with E-state index >= 15 is 0 Å². The molecule has 0 aliphatic heterocycles. The van der Waals surface area contributed by atoms with E-state index in [1.807, 2.05) is 0 Å². The number of carbonyl (C=O) groups is 1. The highest BCUT2D eigenvalue weighted by Gasteiger charge is 2.23. The predicted octanol–water partition coefficient (Wildman–Crippen LogP) is 0.707. The molecule has 0 saturated heterocycles. The molecule has 0 spiro atoms. The van der Waals surface area contributed by atoms with Crippen LogP contribution in [0.15, 0.2) is 23.3 Å². The summed E-state index contributed by atoms with van der Waals surface area (Å²) in [6.45, 7) is 0. The zero-order chi connectivity index (χ0) is 8.43. The highest BCUT2D eigenvalue weighted by atomic mass is 35.5. The lowest BCUT2D eigenvalue weighted by atomic mass is 9.96. The van der Waals surface area contributed by atoms with Crippen molar-refractivity contribution in [3.05, 3.63) is 23.3 Å². The lowest BCUT2D eigenvalue weighted by molar-refractivity contribution is -0.140. The van der Waals surface area contributed by atoms with Crippen molar-refractivity contribution in [1.82, 2.24) is 0 Å². The summed E-state index contributed by atoms with van der Waals surface area (Å²) >= 11 is 5.58. The summed E-state index contributed by atoms with van der Waals surface area (Å²) in [5.41, 5.74) is 5.48. The van der Waals surface area contributed by atoms with E-state index in [0.29, 0.717) is 5.03 Å². The Balaban J connectivity index is 2.77. The summed E-state index contributed by atoms with van der Waals surface area (Å²) < 4.78 is 0. The third-order valence-electron chi connectivity index (χ3n) is 1.51. The predicted molar refractivity (Wildman–Crippen MR) is 42.2 cm³/mol. The highest BCUT2D eigenvalue weighted by Crippen LogP contribution is 2.17. The summed E-state index contributed by atoms with van der Waals surface area (Å²) in [6.07, 6.45) is 4.57. The fourth-order valence-electron chi connectivity index (χ4n) is 0.914. The Hall–Kier alpha value is -0.800. The van der Waals surface area contributed by atoms with Crippen molar-refractivity contribution in [1.29, 1.82) is 0 Å². The minimum atomic E-state index is -0.922. The largest absolute Gasteiger partial charge is 0.481 e. The van der Waals surface area contributed by atoms with Crippen LogP contribution < -0.4 is 5.73 Å². The first-order valence-electron chi connectivity index (χ1n) is 3.15. The number of rotatable bonds is 1. The van der Waals surface area contributed by atoms with Gasteiger partial charge in [-0.25, -0.2) is 0 Å². The summed E-state index contributed by atoms with van der Waals surface area (Å²) in [4.78, 5) is 10.5. The van der Waals surface area contributed by atoms with E-state index in [0.717, 1.165) is 0 Å². The quantitative estimate of drug-likeness (QED) is 0.614. The van der Waals surface area contributed by atoms with Crippen LogP contribution in [-0.2, 0) is 4.79 Å². The fraction of sp³-hybridized carbons (Fsp3) is 0.286. The van der Waals surface area contributed by atoms with Crippen LogP contribution in [-0.4, -0.2) is 17.1 Å². The molecule has 1 rings (SSSR count). The van der Waals surface area contributed by atoms with E-state index in [4.69, 9.17) is 22.4 Å². The van der Waals surface area contributed by atoms with Crippen molar-refractivity contribution in [2.75, 3.05) is 0 Å². The topological polar surface area (TPSA) is 63.3 Å². The molecule has 0 aromatic heterocycles. The molecular formula is C7H8ClNO2. The molecular weight excluding hydrogens is 166 g/mol. The number of hydrogen-bond acceptors (Lipinski definition) is 2. The standard InChI is InChI=1S/C7H8ClNO2/c8-4-1-2-5(7(10)11)6(9)3-4/h1-3,5-6H,9H2,(H,10,11). The van der Waals surface area contributed by atoms with Crippen LogP contribution in [0.5, 0.6) is 0 Å². The van der Waals surface area contributed by atoms with Gasteiger partial charge in [-0.3, -0.25) is 4.79 Å². The Labute approximate surface area is 69.1 Å². The molecule has 3 N–H and O–H groups in total. The van der Waals surface area contributed by atoms with Crippen LogP contribution >= 0.6 is 11.6 Å². The Morgan fingerprint density at radius 3 is 2.82 bits per heavy atom. The van der Waals surface area contributed by atoms with Crippen molar-refractivity contribution in [2.24, 2.45) is 11.7 Å². The van der Waals surface area contributed by atoms with Crippen LogP contribution in [0.25, 0.3) is 0 Å². The molecule has 0 saturated carbocycles. The average molecular weight is 174 g/mol. The molecule has 0 aromatic rings. The van der Waals surface area contributed by atoms with Gasteiger partial charge in [-0.05, 0) is 12.2 Å². The second-order valence-corrected chi connectivity index (χ2v) is 2.79. The minimum absolute atomic E-state index is 0.495. The maximum Gasteiger partial charge on any atom is 0.312 e. The number of carboxylic acid groups (broad SMARTS) is 1. The van der Waals surface area contributed by atoms with Gasteiger partial charge < -0.3 is 10.8 Å². The molecule has 0 heterocycles. The van der Waals surface area contributed by atoms with Crippen molar-refractivity contribution < 1.29 is 9.90 Å². The first-order chi connectivity index (χ1) is 5.11. The van der Waals surface area contributed by atoms with Crippen LogP contribution in [0, 0.1) is 5.92 Å². The summed E-state index contributed by atoms with van der Waals surface area (Å²) in [5.74, 6) is -1.56. The summed E-state index contributed by atoms with van der Waals surface area (Å²) in [5, 5.41) is 9.09. The normalized spacial score (nSPS) is 29.8. The third-order valence-corrected chi connectivity index (χ3v) is 1.77. The van der Waals surface area contributed by atoms with Gasteiger partial charge in [0, 0.05) is 11.1 Å². The molecule has 3 nitrogen and oxygen atoms in total. The number of hydrogen-bond donors (Lipinski definition) is 2. The number of nitrogens with two attached hydrogens (primary N) is 1. The first-order valence-corrected chi connectivity index (χ1v) is 3.53. The van der Waals surface area contributed by atoms with E-state index in [2.05, 4.69) is 0 Å². The van der Waals surface area contributed by atoms with E-state index in [1.165, 1.54) is 12.2 Å². The number of halogens is 1. The zero-order valence-corrected chi connectivity index (χ0v) is 6.45. The van der Waals surface area contributed by atoms with E-state index in [-0.39, 0.29) is 0 Å². The van der Waals surface area contributed by atoms with Gasteiger partial charge in [-0.15, -0.1) is 0 Å². The molecule has 1 aliphatic rings. The van der Waals surface area contributed by atoms with Crippen LogP contribution in [0.3, 0.4) is 0 Å². The van der Waals surface area contributed by atoms with Gasteiger partial charge in [-0.1, -0.05) is 17.7 Å². The van der Waals surface area contributed by atoms with Crippen molar-refractivity contribution >= 4 is 17.6 Å². The lowest BCUT2D eigenvalue weighted by Gasteiger charge is -2.16. The Kier molecular flexibility index (Phi) is 2.31. The third kappa shape index (κ3) is 1.82. The van der Waals surface area contributed by atoms with Gasteiger partial charge in [0.15, 0.2) is 0 Å². The molecule has 2 atom stereocenters. The zero-order valence-electron chi connectivity index (χ0n) is 5.70. The van der Waals surface area contributed by atoms with Crippen LogP contribution in [0.4, 0.5) is 0 Å². The molecule has 60 valence electrons. The molecule has 0 bridgehead atoms. The van der Waals surface area contributed by atoms with Gasteiger partial charge in [0.1, 0.15) is 0 Å². The lowest BCUT2D eigenvalue weighted by Crippen LogP contribution is -2.33. The molecule has 1 aliphatic carbocycles. The molecule has 2 unspecified atom stereocenters. The van der Waals surface area contributed by atoms with E-state index in [9.17, 15) is 4.79 Å². The fourth-order valence-corrected chi connectivity index (χ4v) is 1.13. The van der Waals surface area contributed by atoms with Crippen molar-refractivity contribution in [3.63, 3.8) is 0 Å². The average Bonchev–Trinajstić information content (AvgIpc) is 1.85. The monoisotopic (exact) mass is 173 g/mol. The molecule has 11 heavy (non-hydrogen) atoms. The smallest absolute Gasteiger partial charge is 0.312 e. The Morgan fingerprint density at radius 1 is 1.73 bits per heavy atom. The van der Waals surface area contributed by atoms with Gasteiger partial charge in [0.05, 0.1) is 5.92 Å². The Bertz CT molecular complexity index is 235. The SMILES string of the molecule is NC1C=C(Cl)C=CC1C(=O)O. The van der Waals surface area contributed by atoms with E-state index < -0.39 is 17.9 Å². The van der Waals surface area contributed by atoms with Crippen LogP contribution in [0.2, 0.25) is 0 Å². The van der Waals surface area contributed by atoms with Gasteiger partial charge in [-0.2, -0.15) is 0 Å². The maximum absolute atomic E-state index is 10.5.